The van der Waals surface area contributed by atoms with Gasteiger partial charge in [0.05, 0.1) is 35.8 Å². The fourth-order valence-electron chi connectivity index (χ4n) is 10.8. The molecule has 0 bridgehead atoms. The van der Waals surface area contributed by atoms with Crippen molar-refractivity contribution in [2.24, 2.45) is 28.8 Å². The Bertz CT molecular complexity index is 2630. The molecule has 0 aromatic heterocycles. The molecule has 2 heterocycles. The van der Waals surface area contributed by atoms with Crippen molar-refractivity contribution < 1.29 is 58.0 Å². The quantitative estimate of drug-likeness (QED) is 0.0235. The number of allylic oxidation sites excluding steroid dienone is 1. The van der Waals surface area contributed by atoms with Crippen LogP contribution in [0.25, 0.3) is 0 Å². The predicted octanol–water partition coefficient (Wildman–Crippen LogP) is 9.21. The van der Waals surface area contributed by atoms with E-state index in [9.17, 15) is 25.1 Å². The van der Waals surface area contributed by atoms with Gasteiger partial charge in [0.15, 0.2) is 17.8 Å². The minimum absolute atomic E-state index is 0.0223. The van der Waals surface area contributed by atoms with Gasteiger partial charge in [-0.05, 0) is 128 Å². The van der Waals surface area contributed by atoms with Crippen LogP contribution in [-0.2, 0) is 27.5 Å². The molecule has 2 aliphatic heterocycles. The summed E-state index contributed by atoms with van der Waals surface area (Å²) in [7, 11) is 1.50. The molecule has 16 heteroatoms. The summed E-state index contributed by atoms with van der Waals surface area (Å²) in [4.78, 5) is 46.2. The number of fused-ring (bicyclic) bond motifs is 3. The number of hydrogen-bond acceptors (Lipinski definition) is 14. The van der Waals surface area contributed by atoms with Gasteiger partial charge in [0.1, 0.15) is 35.6 Å². The van der Waals surface area contributed by atoms with Crippen LogP contribution < -0.4 is 23.7 Å². The van der Waals surface area contributed by atoms with Crippen LogP contribution in [0.5, 0.6) is 34.5 Å². The smallest absolute Gasteiger partial charge is 0.269 e. The molecule has 4 aromatic rings. The summed E-state index contributed by atoms with van der Waals surface area (Å²) >= 11 is 0. The van der Waals surface area contributed by atoms with E-state index in [0.29, 0.717) is 64.2 Å². The second-order valence-corrected chi connectivity index (χ2v) is 18.5. The number of oxime groups is 1. The summed E-state index contributed by atoms with van der Waals surface area (Å²) < 4.78 is 38.0. The summed E-state index contributed by atoms with van der Waals surface area (Å²) in [6.07, 6.45) is 10.5. The number of aldehydes is 1. The Morgan fingerprint density at radius 2 is 1.66 bits per heavy atom. The number of amides is 1. The van der Waals surface area contributed by atoms with E-state index in [1.54, 1.807) is 36.4 Å². The van der Waals surface area contributed by atoms with E-state index in [-0.39, 0.29) is 81.5 Å². The van der Waals surface area contributed by atoms with Gasteiger partial charge in [0.25, 0.3) is 5.69 Å². The molecule has 2 saturated carbocycles. The first-order valence-corrected chi connectivity index (χ1v) is 24.1. The molecule has 5 aliphatic rings. The third-order valence-corrected chi connectivity index (χ3v) is 14.1. The van der Waals surface area contributed by atoms with Gasteiger partial charge in [-0.25, -0.2) is 0 Å². The molecule has 1 amide bonds. The lowest BCUT2D eigenvalue weighted by Gasteiger charge is -2.60. The van der Waals surface area contributed by atoms with Gasteiger partial charge >= 0.3 is 0 Å². The number of aliphatic hydroxyl groups is 2. The summed E-state index contributed by atoms with van der Waals surface area (Å²) in [5, 5.41) is 36.5. The zero-order chi connectivity index (χ0) is 48.8. The van der Waals surface area contributed by atoms with Crippen molar-refractivity contribution in [3.8, 4) is 34.5 Å². The lowest BCUT2D eigenvalue weighted by molar-refractivity contribution is -0.384. The highest BCUT2D eigenvalue weighted by molar-refractivity contribution is 6.03. The summed E-state index contributed by atoms with van der Waals surface area (Å²) in [5.74, 6) is 0.411. The third kappa shape index (κ3) is 9.98. The van der Waals surface area contributed by atoms with Gasteiger partial charge in [0.2, 0.25) is 18.5 Å². The minimum Gasteiger partial charge on any atom is -0.496 e. The van der Waals surface area contributed by atoms with Gasteiger partial charge in [-0.1, -0.05) is 36.2 Å². The van der Waals surface area contributed by atoms with Crippen LogP contribution in [0.15, 0.2) is 108 Å². The molecule has 16 nitrogen and oxygen atoms in total. The topological polar surface area (TPSA) is 198 Å². The number of rotatable bonds is 23. The third-order valence-electron chi connectivity index (χ3n) is 14.1. The number of ether oxygens (including phenoxy) is 6. The van der Waals surface area contributed by atoms with Gasteiger partial charge in [-0.15, -0.1) is 6.58 Å². The zero-order valence-corrected chi connectivity index (χ0v) is 39.2. The first-order chi connectivity index (χ1) is 34.2. The van der Waals surface area contributed by atoms with E-state index in [1.165, 1.54) is 19.2 Å². The maximum absolute atomic E-state index is 15.1. The maximum atomic E-state index is 15.1. The molecule has 4 aromatic carbocycles. The molecule has 368 valence electrons. The number of methoxy groups -OCH3 is 1. The number of hydrogen-bond donors (Lipinski definition) is 2. The molecule has 9 rings (SSSR count). The molecule has 0 saturated heterocycles. The van der Waals surface area contributed by atoms with E-state index in [0.717, 1.165) is 61.5 Å². The Labute approximate surface area is 406 Å². The fraction of sp³-hybridized carbons (Fsp3) is 0.426. The molecule has 0 radical (unpaired) electrons. The first-order valence-electron chi connectivity index (χ1n) is 24.1. The second-order valence-electron chi connectivity index (χ2n) is 18.5. The second kappa shape index (κ2) is 21.5. The van der Waals surface area contributed by atoms with Crippen molar-refractivity contribution in [2.75, 3.05) is 33.7 Å². The SMILES string of the molecule is C=CCOC12Oc3ccc(Oc4ccc(OC)c(C=O)c4)cc3C3C(CCCCO)C(CCCCO)C=C(C(=NOCc4ccc([N+](=O)[O-])cc4)CC1N(Cc1ccc4c(c1)OCO4)C(=O)C1CC1)C32. The predicted molar refractivity (Wildman–Crippen MR) is 257 cm³/mol. The molecule has 3 aliphatic carbocycles. The molecular formula is C54H59N3O13. The van der Waals surface area contributed by atoms with Crippen LogP contribution in [0, 0.1) is 33.8 Å². The number of non-ortho nitro benzene ring substituents is 1. The van der Waals surface area contributed by atoms with Crippen LogP contribution in [0.2, 0.25) is 0 Å². The number of benzene rings is 4. The van der Waals surface area contributed by atoms with Crippen molar-refractivity contribution in [3.63, 3.8) is 0 Å². The van der Waals surface area contributed by atoms with Crippen LogP contribution in [0.1, 0.15) is 90.8 Å². The van der Waals surface area contributed by atoms with Crippen molar-refractivity contribution in [2.45, 2.75) is 88.7 Å². The normalized spacial score (nSPS) is 23.3. The van der Waals surface area contributed by atoms with Gasteiger partial charge in [0, 0.05) is 55.7 Å². The lowest BCUT2D eigenvalue weighted by atomic mass is 9.55. The van der Waals surface area contributed by atoms with Crippen LogP contribution >= 0.6 is 0 Å². The van der Waals surface area contributed by atoms with Gasteiger partial charge in [-0.2, -0.15) is 0 Å². The molecule has 0 spiro atoms. The highest BCUT2D eigenvalue weighted by Gasteiger charge is 2.66. The number of nitro benzene ring substituents is 1. The maximum Gasteiger partial charge on any atom is 0.269 e. The van der Waals surface area contributed by atoms with Gasteiger partial charge in [-0.3, -0.25) is 19.7 Å². The Hall–Kier alpha value is -6.75. The van der Waals surface area contributed by atoms with E-state index in [2.05, 4.69) is 12.7 Å². The fourth-order valence-corrected chi connectivity index (χ4v) is 10.8. The Kier molecular flexibility index (Phi) is 14.8. The first kappa shape index (κ1) is 48.3. The van der Waals surface area contributed by atoms with Crippen LogP contribution in [0.4, 0.5) is 5.69 Å². The van der Waals surface area contributed by atoms with Crippen molar-refractivity contribution in [1.29, 1.82) is 0 Å². The molecule has 2 fully saturated rings. The lowest BCUT2D eigenvalue weighted by Crippen LogP contribution is -2.70. The van der Waals surface area contributed by atoms with E-state index in [4.69, 9.17) is 38.4 Å². The summed E-state index contributed by atoms with van der Waals surface area (Å²) in [6, 6.07) is 21.8. The number of carbonyl (C=O) groups is 2. The molecule has 6 unspecified atom stereocenters. The average Bonchev–Trinajstić information content (AvgIpc) is 4.13. The number of nitrogens with zero attached hydrogens (tertiary/aromatic N) is 3. The zero-order valence-electron chi connectivity index (χ0n) is 39.2. The van der Waals surface area contributed by atoms with Crippen LogP contribution in [0.3, 0.4) is 0 Å². The summed E-state index contributed by atoms with van der Waals surface area (Å²) in [6.45, 7) is 4.56. The monoisotopic (exact) mass is 957 g/mol. The molecule has 6 atom stereocenters. The number of carbonyl (C=O) groups excluding carboxylic acids is 2. The van der Waals surface area contributed by atoms with Gasteiger partial charge < -0.3 is 48.4 Å². The average molecular weight is 958 g/mol. The number of aliphatic hydroxyl groups excluding tert-OH is 2. The largest absolute Gasteiger partial charge is 0.496 e. The highest BCUT2D eigenvalue weighted by Crippen LogP contribution is 2.62. The molecular weight excluding hydrogens is 899 g/mol. The van der Waals surface area contributed by atoms with Crippen LogP contribution in [-0.4, -0.2) is 83.5 Å². The molecule has 2 N–H and O–H groups in total. The standard InChI is InChI=1S/C54H59N3O13/c1-3-24-67-54-50(56(53(61)36-13-14-36)30-35-12-19-48-49(25-35)66-33-65-48)29-45(55-68-32-34-10-15-39(16-11-34)57(62)63)43-27-37(8-4-6-22-58)42(9-5-7-23-59)51(52(43)54)44-28-41(18-21-47(44)70-54)69-40-17-20-46(64-2)38(26-40)31-60/h3,10-12,15-21,25-28,31,36-37,42,50-52,58-59H,1,4-9,13-14,22-24,29-30,32-33H2,2H3. The van der Waals surface area contributed by atoms with E-state index in [1.807, 2.05) is 41.3 Å². The Balaban J connectivity index is 1.22. The van der Waals surface area contributed by atoms with E-state index < -0.39 is 22.7 Å². The van der Waals surface area contributed by atoms with Crippen molar-refractivity contribution in [3.05, 3.63) is 136 Å². The minimum atomic E-state index is -1.50. The molecule has 70 heavy (non-hydrogen) atoms. The number of nitro groups is 1. The Morgan fingerprint density at radius 3 is 2.39 bits per heavy atom. The summed E-state index contributed by atoms with van der Waals surface area (Å²) in [5.41, 5.74) is 4.13. The Morgan fingerprint density at radius 1 is 0.929 bits per heavy atom. The van der Waals surface area contributed by atoms with Crippen molar-refractivity contribution in [1.82, 2.24) is 4.90 Å². The van der Waals surface area contributed by atoms with E-state index >= 15 is 4.79 Å². The van der Waals surface area contributed by atoms with Crippen molar-refractivity contribution >= 4 is 23.6 Å². The highest BCUT2D eigenvalue weighted by atomic mass is 16.7. The number of unbranched alkanes of at least 4 members (excludes halogenated alkanes) is 2.